The number of fused-ring (bicyclic) bond motifs is 1. The number of aromatic nitrogens is 1. The van der Waals surface area contributed by atoms with Crippen molar-refractivity contribution < 1.29 is 31.1 Å². The summed E-state index contributed by atoms with van der Waals surface area (Å²) in [7, 11) is 0. The van der Waals surface area contributed by atoms with Crippen molar-refractivity contribution in [1.29, 1.82) is 0 Å². The zero-order valence-corrected chi connectivity index (χ0v) is 19.3. The minimum atomic E-state index is -4.87. The predicted molar refractivity (Wildman–Crippen MR) is 124 cm³/mol. The molecule has 5 nitrogen and oxygen atoms in total. The maximum Gasteiger partial charge on any atom is 0.418 e. The lowest BCUT2D eigenvalue weighted by Gasteiger charge is -2.31. The van der Waals surface area contributed by atoms with Crippen LogP contribution in [0.25, 0.3) is 10.9 Å². The molecule has 1 aromatic heterocycles. The largest absolute Gasteiger partial charge is 0.418 e. The summed E-state index contributed by atoms with van der Waals surface area (Å²) in [5.41, 5.74) is -4.74. The second kappa shape index (κ2) is 9.18. The van der Waals surface area contributed by atoms with Crippen LogP contribution in [-0.2, 0) is 12.4 Å². The topological polar surface area (TPSA) is 65.2 Å². The quantitative estimate of drug-likeness (QED) is 0.389. The number of hydrogen-bond donors (Lipinski definition) is 2. The van der Waals surface area contributed by atoms with E-state index in [1.54, 1.807) is 0 Å². The maximum atomic E-state index is 14.0. The number of amides is 1. The Morgan fingerprint density at radius 3 is 2.39 bits per heavy atom. The molecule has 0 radical (unpaired) electrons. The molecule has 4 rings (SSSR count). The molecule has 36 heavy (non-hydrogen) atoms. The number of H-pyrrole nitrogens is 1. The van der Waals surface area contributed by atoms with Crippen molar-refractivity contribution in [2.75, 3.05) is 10.2 Å². The normalized spacial score (nSPS) is 18.6. The van der Waals surface area contributed by atoms with Crippen molar-refractivity contribution in [2.45, 2.75) is 57.5 Å². The van der Waals surface area contributed by atoms with Crippen molar-refractivity contribution in [1.82, 2.24) is 4.98 Å². The Balaban J connectivity index is 1.74. The fraction of sp³-hybridized carbons (Fsp3) is 0.360. The number of aromatic amines is 1. The average molecular weight is 511 g/mol. The summed E-state index contributed by atoms with van der Waals surface area (Å²) in [5.74, 6) is -1.26. The van der Waals surface area contributed by atoms with Gasteiger partial charge in [0.05, 0.1) is 22.2 Å². The first kappa shape index (κ1) is 25.6. The Bertz CT molecular complexity index is 1360. The third-order valence-corrected chi connectivity index (χ3v) is 6.57. The summed E-state index contributed by atoms with van der Waals surface area (Å²) in [4.78, 5) is 30.0. The van der Waals surface area contributed by atoms with Gasteiger partial charge in [0.15, 0.2) is 0 Å². The van der Waals surface area contributed by atoms with Crippen LogP contribution in [-0.4, -0.2) is 23.0 Å². The number of alkyl halides is 6. The number of nitrogens with one attached hydrogen (secondary N) is 2. The number of carbonyl (C=O) groups excluding carboxylic acids is 1. The Hall–Kier alpha value is -3.50. The van der Waals surface area contributed by atoms with E-state index in [4.69, 9.17) is 0 Å². The van der Waals surface area contributed by atoms with E-state index in [1.807, 2.05) is 18.7 Å². The molecule has 0 aliphatic carbocycles. The summed E-state index contributed by atoms with van der Waals surface area (Å²) in [6, 6.07) is 6.66. The van der Waals surface area contributed by atoms with E-state index in [2.05, 4.69) is 10.3 Å². The molecule has 11 heteroatoms. The molecule has 1 saturated heterocycles. The van der Waals surface area contributed by atoms with Crippen LogP contribution < -0.4 is 15.6 Å². The molecule has 1 amide bonds. The SMILES string of the molecule is CCC1CCC(C)N1c1ccc(NC(=O)c2c[nH]c3cccc(C(F)(F)F)c3c2=O)c(C(F)(F)F)c1. The molecule has 2 unspecified atom stereocenters. The summed E-state index contributed by atoms with van der Waals surface area (Å²) in [5, 5.41) is 1.31. The highest BCUT2D eigenvalue weighted by molar-refractivity contribution is 6.06. The molecular formula is C25H23F6N3O2. The van der Waals surface area contributed by atoms with Gasteiger partial charge in [-0.15, -0.1) is 0 Å². The standard InChI is InChI=1S/C25H23F6N3O2/c1-3-14-8-7-13(2)34(14)15-9-10-19(18(11-15)25(29,30)31)33-23(36)16-12-32-20-6-4-5-17(24(26,27)28)21(20)22(16)35/h4-6,9-14H,3,7-8H2,1-2H3,(H,32,35)(H,33,36). The van der Waals surface area contributed by atoms with Crippen molar-refractivity contribution in [3.05, 3.63) is 69.5 Å². The van der Waals surface area contributed by atoms with Gasteiger partial charge >= 0.3 is 12.4 Å². The third kappa shape index (κ3) is 4.66. The van der Waals surface area contributed by atoms with Crippen LogP contribution in [0.3, 0.4) is 0 Å². The van der Waals surface area contributed by atoms with Gasteiger partial charge in [-0.25, -0.2) is 0 Å². The number of hydrogen-bond acceptors (Lipinski definition) is 3. The van der Waals surface area contributed by atoms with Gasteiger partial charge in [-0.3, -0.25) is 9.59 Å². The van der Waals surface area contributed by atoms with E-state index in [9.17, 15) is 35.9 Å². The molecule has 0 spiro atoms. The highest BCUT2D eigenvalue weighted by Gasteiger charge is 2.37. The van der Waals surface area contributed by atoms with Crippen LogP contribution in [0, 0.1) is 0 Å². The summed E-state index contributed by atoms with van der Waals surface area (Å²) in [6.07, 6.45) is -6.37. The number of pyridine rings is 1. The number of nitrogens with zero attached hydrogens (tertiary/aromatic N) is 1. The van der Waals surface area contributed by atoms with Gasteiger partial charge in [-0.05, 0) is 56.5 Å². The van der Waals surface area contributed by atoms with Crippen LogP contribution in [0.4, 0.5) is 37.7 Å². The van der Waals surface area contributed by atoms with E-state index in [-0.39, 0.29) is 17.6 Å². The number of halogens is 6. The number of benzene rings is 2. The molecule has 1 fully saturated rings. The highest BCUT2D eigenvalue weighted by Crippen LogP contribution is 2.40. The first-order chi connectivity index (χ1) is 16.8. The lowest BCUT2D eigenvalue weighted by Crippen LogP contribution is -2.34. The van der Waals surface area contributed by atoms with E-state index in [0.29, 0.717) is 11.8 Å². The highest BCUT2D eigenvalue weighted by atomic mass is 19.4. The van der Waals surface area contributed by atoms with Crippen molar-refractivity contribution in [2.24, 2.45) is 0 Å². The van der Waals surface area contributed by atoms with Crippen molar-refractivity contribution in [3.8, 4) is 0 Å². The molecular weight excluding hydrogens is 488 g/mol. The Morgan fingerprint density at radius 2 is 1.75 bits per heavy atom. The Kier molecular flexibility index (Phi) is 6.52. The van der Waals surface area contributed by atoms with Gasteiger partial charge < -0.3 is 15.2 Å². The van der Waals surface area contributed by atoms with Crippen LogP contribution in [0.15, 0.2) is 47.4 Å². The number of carbonyl (C=O) groups is 1. The van der Waals surface area contributed by atoms with Gasteiger partial charge in [0.25, 0.3) is 5.91 Å². The third-order valence-electron chi connectivity index (χ3n) is 6.57. The zero-order chi connectivity index (χ0) is 26.4. The lowest BCUT2D eigenvalue weighted by atomic mass is 10.0. The van der Waals surface area contributed by atoms with Crippen LogP contribution in [0.2, 0.25) is 0 Å². The Labute approximate surface area is 202 Å². The Morgan fingerprint density at radius 1 is 1.06 bits per heavy atom. The zero-order valence-electron chi connectivity index (χ0n) is 19.3. The van der Waals surface area contributed by atoms with Gasteiger partial charge in [0, 0.05) is 29.5 Å². The molecule has 0 saturated carbocycles. The predicted octanol–water partition coefficient (Wildman–Crippen LogP) is 6.59. The van der Waals surface area contributed by atoms with Gasteiger partial charge in [-0.2, -0.15) is 26.3 Å². The molecule has 2 aromatic carbocycles. The summed E-state index contributed by atoms with van der Waals surface area (Å²) < 4.78 is 82.1. The molecule has 3 aromatic rings. The number of rotatable bonds is 4. The summed E-state index contributed by atoms with van der Waals surface area (Å²) in [6.45, 7) is 3.89. The monoisotopic (exact) mass is 511 g/mol. The minimum absolute atomic E-state index is 0.0375. The smallest absolute Gasteiger partial charge is 0.366 e. The van der Waals surface area contributed by atoms with Gasteiger partial charge in [0.1, 0.15) is 5.56 Å². The van der Waals surface area contributed by atoms with Crippen LogP contribution in [0.5, 0.6) is 0 Å². The van der Waals surface area contributed by atoms with Crippen molar-refractivity contribution >= 4 is 28.2 Å². The van der Waals surface area contributed by atoms with E-state index < -0.39 is 51.5 Å². The first-order valence-electron chi connectivity index (χ1n) is 11.4. The van der Waals surface area contributed by atoms with Crippen LogP contribution >= 0.6 is 0 Å². The first-order valence-corrected chi connectivity index (χ1v) is 11.4. The minimum Gasteiger partial charge on any atom is -0.366 e. The molecule has 2 atom stereocenters. The van der Waals surface area contributed by atoms with E-state index >= 15 is 0 Å². The molecule has 1 aliphatic rings. The molecule has 192 valence electrons. The molecule has 2 heterocycles. The summed E-state index contributed by atoms with van der Waals surface area (Å²) >= 11 is 0. The van der Waals surface area contributed by atoms with Crippen molar-refractivity contribution in [3.63, 3.8) is 0 Å². The molecule has 1 aliphatic heterocycles. The van der Waals surface area contributed by atoms with Gasteiger partial charge in [-0.1, -0.05) is 13.0 Å². The fourth-order valence-electron chi connectivity index (χ4n) is 4.84. The second-order valence-corrected chi connectivity index (χ2v) is 8.83. The van der Waals surface area contributed by atoms with Crippen LogP contribution in [0.1, 0.15) is 54.6 Å². The van der Waals surface area contributed by atoms with E-state index in [1.165, 1.54) is 12.1 Å². The van der Waals surface area contributed by atoms with Gasteiger partial charge in [0.2, 0.25) is 5.43 Å². The fourth-order valence-corrected chi connectivity index (χ4v) is 4.84. The molecule has 0 bridgehead atoms. The maximum absolute atomic E-state index is 14.0. The average Bonchev–Trinajstić information content (AvgIpc) is 3.18. The lowest BCUT2D eigenvalue weighted by molar-refractivity contribution is -0.137. The number of anilines is 2. The molecule has 2 N–H and O–H groups in total. The second-order valence-electron chi connectivity index (χ2n) is 8.83. The van der Waals surface area contributed by atoms with E-state index in [0.717, 1.165) is 43.7 Å².